The first-order valence-corrected chi connectivity index (χ1v) is 7.03. The third kappa shape index (κ3) is 5.04. The predicted octanol–water partition coefficient (Wildman–Crippen LogP) is 2.50. The van der Waals surface area contributed by atoms with Gasteiger partial charge in [0.15, 0.2) is 0 Å². The van der Waals surface area contributed by atoms with Gasteiger partial charge in [0.05, 0.1) is 6.04 Å². The Bertz CT molecular complexity index is 472. The number of rotatable bonds is 6. The summed E-state index contributed by atoms with van der Waals surface area (Å²) < 4.78 is 37.6. The summed E-state index contributed by atoms with van der Waals surface area (Å²) in [5.74, 6) is -0.592. The molecule has 1 amide bonds. The average Bonchev–Trinajstić information content (AvgIpc) is 3.26. The van der Waals surface area contributed by atoms with E-state index in [0.29, 0.717) is 25.7 Å². The second-order valence-electron chi connectivity index (χ2n) is 5.44. The van der Waals surface area contributed by atoms with E-state index in [2.05, 4.69) is 0 Å². The Morgan fingerprint density at radius 2 is 1.90 bits per heavy atom. The van der Waals surface area contributed by atoms with Crippen LogP contribution in [0.25, 0.3) is 0 Å². The maximum absolute atomic E-state index is 12.5. The van der Waals surface area contributed by atoms with Crippen LogP contribution in [0.15, 0.2) is 30.3 Å². The topological polar surface area (TPSA) is 46.3 Å². The highest BCUT2D eigenvalue weighted by Crippen LogP contribution is 2.30. The molecular formula is C15H19F3N2O. The van der Waals surface area contributed by atoms with Crippen LogP contribution >= 0.6 is 0 Å². The van der Waals surface area contributed by atoms with Crippen molar-refractivity contribution in [2.24, 2.45) is 5.73 Å². The van der Waals surface area contributed by atoms with Gasteiger partial charge in [-0.25, -0.2) is 0 Å². The minimum atomic E-state index is -4.38. The third-order valence-corrected chi connectivity index (χ3v) is 3.52. The van der Waals surface area contributed by atoms with Gasteiger partial charge in [-0.05, 0) is 31.2 Å². The number of benzene rings is 1. The number of halogens is 3. The number of carbonyl (C=O) groups excluding carboxylic acids is 1. The molecule has 0 aromatic heterocycles. The van der Waals surface area contributed by atoms with Crippen molar-refractivity contribution in [2.75, 3.05) is 6.54 Å². The van der Waals surface area contributed by atoms with Crippen LogP contribution in [0.5, 0.6) is 0 Å². The first kappa shape index (κ1) is 15.8. The van der Waals surface area contributed by atoms with Gasteiger partial charge in [-0.2, -0.15) is 13.2 Å². The molecule has 1 fully saturated rings. The van der Waals surface area contributed by atoms with Crippen molar-refractivity contribution in [3.63, 3.8) is 0 Å². The first-order valence-electron chi connectivity index (χ1n) is 7.03. The Balaban J connectivity index is 1.90. The van der Waals surface area contributed by atoms with Crippen molar-refractivity contribution in [3.8, 4) is 0 Å². The molecule has 0 heterocycles. The van der Waals surface area contributed by atoms with Gasteiger partial charge >= 0.3 is 6.18 Å². The van der Waals surface area contributed by atoms with Crippen LogP contribution < -0.4 is 5.73 Å². The maximum atomic E-state index is 12.5. The van der Waals surface area contributed by atoms with Gasteiger partial charge < -0.3 is 10.6 Å². The molecule has 2 rings (SSSR count). The Morgan fingerprint density at radius 3 is 2.43 bits per heavy atom. The fourth-order valence-corrected chi connectivity index (χ4v) is 2.27. The molecule has 1 aliphatic carbocycles. The smallest absolute Gasteiger partial charge is 0.329 e. The van der Waals surface area contributed by atoms with E-state index in [0.717, 1.165) is 10.5 Å². The van der Waals surface area contributed by atoms with Gasteiger partial charge in [0, 0.05) is 6.04 Å². The normalized spacial score (nSPS) is 16.6. The van der Waals surface area contributed by atoms with E-state index >= 15 is 0 Å². The summed E-state index contributed by atoms with van der Waals surface area (Å²) in [7, 11) is 0. The molecule has 116 valence electrons. The minimum Gasteiger partial charge on any atom is -0.329 e. The van der Waals surface area contributed by atoms with E-state index in [1.165, 1.54) is 0 Å². The van der Waals surface area contributed by atoms with Crippen LogP contribution in [-0.2, 0) is 11.2 Å². The van der Waals surface area contributed by atoms with Gasteiger partial charge in [0.25, 0.3) is 0 Å². The van der Waals surface area contributed by atoms with E-state index in [1.54, 1.807) is 0 Å². The number of nitrogens with zero attached hydrogens (tertiary/aromatic N) is 1. The van der Waals surface area contributed by atoms with Crippen molar-refractivity contribution in [1.82, 2.24) is 4.90 Å². The number of aryl methyl sites for hydroxylation is 1. The summed E-state index contributed by atoms with van der Waals surface area (Å²) in [4.78, 5) is 13.0. The minimum absolute atomic E-state index is 0.290. The van der Waals surface area contributed by atoms with Gasteiger partial charge in [0.1, 0.15) is 6.54 Å². The number of nitrogens with two attached hydrogens (primary N) is 1. The van der Waals surface area contributed by atoms with Crippen LogP contribution in [0.3, 0.4) is 0 Å². The lowest BCUT2D eigenvalue weighted by molar-refractivity contribution is -0.163. The second kappa shape index (κ2) is 6.47. The summed E-state index contributed by atoms with van der Waals surface area (Å²) in [6, 6.07) is 8.28. The molecule has 0 saturated heterocycles. The number of carbonyl (C=O) groups is 1. The highest BCUT2D eigenvalue weighted by Gasteiger charge is 2.41. The lowest BCUT2D eigenvalue weighted by Gasteiger charge is -2.26. The van der Waals surface area contributed by atoms with E-state index < -0.39 is 24.7 Å². The highest BCUT2D eigenvalue weighted by molar-refractivity contribution is 5.82. The largest absolute Gasteiger partial charge is 0.406 e. The van der Waals surface area contributed by atoms with Gasteiger partial charge in [-0.15, -0.1) is 0 Å². The zero-order valence-corrected chi connectivity index (χ0v) is 11.6. The molecular weight excluding hydrogens is 281 g/mol. The zero-order valence-electron chi connectivity index (χ0n) is 11.6. The molecule has 1 unspecified atom stereocenters. The Hall–Kier alpha value is -1.56. The van der Waals surface area contributed by atoms with Gasteiger partial charge in [0.2, 0.25) is 5.91 Å². The molecule has 0 spiro atoms. The van der Waals surface area contributed by atoms with Crippen molar-refractivity contribution < 1.29 is 18.0 Å². The summed E-state index contributed by atoms with van der Waals surface area (Å²) in [5, 5.41) is 0. The molecule has 1 atom stereocenters. The van der Waals surface area contributed by atoms with E-state index in [4.69, 9.17) is 5.73 Å². The number of hydrogen-bond donors (Lipinski definition) is 1. The average molecular weight is 300 g/mol. The molecule has 1 aliphatic rings. The van der Waals surface area contributed by atoms with Crippen LogP contribution in [0.2, 0.25) is 0 Å². The van der Waals surface area contributed by atoms with Crippen LogP contribution in [0.1, 0.15) is 24.8 Å². The number of alkyl halides is 3. The Labute approximate surface area is 121 Å². The van der Waals surface area contributed by atoms with E-state index in [9.17, 15) is 18.0 Å². The second-order valence-corrected chi connectivity index (χ2v) is 5.44. The number of amides is 1. The van der Waals surface area contributed by atoms with Crippen molar-refractivity contribution >= 4 is 5.91 Å². The fraction of sp³-hybridized carbons (Fsp3) is 0.533. The van der Waals surface area contributed by atoms with Gasteiger partial charge in [-0.1, -0.05) is 30.3 Å². The molecule has 0 radical (unpaired) electrons. The molecule has 21 heavy (non-hydrogen) atoms. The highest BCUT2D eigenvalue weighted by atomic mass is 19.4. The summed E-state index contributed by atoms with van der Waals surface area (Å²) in [6.45, 7) is -1.20. The standard InChI is InChI=1S/C15H19F3N2O/c16-15(17,18)10-20(12-7-8-12)14(21)13(19)9-6-11-4-2-1-3-5-11/h1-5,12-13H,6-10,19H2. The Kier molecular flexibility index (Phi) is 4.88. The fourth-order valence-electron chi connectivity index (χ4n) is 2.27. The van der Waals surface area contributed by atoms with E-state index in [1.807, 2.05) is 30.3 Å². The first-order chi connectivity index (χ1) is 9.87. The molecule has 3 nitrogen and oxygen atoms in total. The molecule has 0 bridgehead atoms. The molecule has 1 aromatic carbocycles. The van der Waals surface area contributed by atoms with Crippen molar-refractivity contribution in [3.05, 3.63) is 35.9 Å². The van der Waals surface area contributed by atoms with E-state index in [-0.39, 0.29) is 6.04 Å². The molecule has 2 N–H and O–H groups in total. The lowest BCUT2D eigenvalue weighted by atomic mass is 10.0. The summed E-state index contributed by atoms with van der Waals surface area (Å²) >= 11 is 0. The van der Waals surface area contributed by atoms with Crippen LogP contribution in [-0.4, -0.2) is 35.6 Å². The third-order valence-electron chi connectivity index (χ3n) is 3.52. The lowest BCUT2D eigenvalue weighted by Crippen LogP contribution is -2.48. The Morgan fingerprint density at radius 1 is 1.29 bits per heavy atom. The molecule has 1 aromatic rings. The number of hydrogen-bond acceptors (Lipinski definition) is 2. The molecule has 6 heteroatoms. The van der Waals surface area contributed by atoms with Crippen LogP contribution in [0, 0.1) is 0 Å². The SMILES string of the molecule is NC(CCc1ccccc1)C(=O)N(CC(F)(F)F)C1CC1. The zero-order chi connectivity index (χ0) is 15.5. The summed E-state index contributed by atoms with van der Waals surface area (Å²) in [5.41, 5.74) is 6.81. The predicted molar refractivity (Wildman–Crippen MR) is 73.5 cm³/mol. The maximum Gasteiger partial charge on any atom is 0.406 e. The van der Waals surface area contributed by atoms with Crippen molar-refractivity contribution in [2.45, 2.75) is 43.9 Å². The van der Waals surface area contributed by atoms with Crippen molar-refractivity contribution in [1.29, 1.82) is 0 Å². The van der Waals surface area contributed by atoms with Crippen LogP contribution in [0.4, 0.5) is 13.2 Å². The molecule has 1 saturated carbocycles. The summed E-state index contributed by atoms with van der Waals surface area (Å²) in [6.07, 6.45) is -2.18. The quantitative estimate of drug-likeness (QED) is 0.877. The van der Waals surface area contributed by atoms with Gasteiger partial charge in [-0.3, -0.25) is 4.79 Å². The monoisotopic (exact) mass is 300 g/mol. The molecule has 0 aliphatic heterocycles.